The highest BCUT2D eigenvalue weighted by Crippen LogP contribution is 2.39. The van der Waals surface area contributed by atoms with E-state index in [1.165, 1.54) is 42.5 Å². The first kappa shape index (κ1) is 12.6. The summed E-state index contributed by atoms with van der Waals surface area (Å²) < 4.78 is 6.27. The molecule has 1 aromatic rings. The summed E-state index contributed by atoms with van der Waals surface area (Å²) in [4.78, 5) is 1.41. The van der Waals surface area contributed by atoms with E-state index < -0.39 is 0 Å². The van der Waals surface area contributed by atoms with Crippen LogP contribution in [0.4, 0.5) is 0 Å². The van der Waals surface area contributed by atoms with Crippen LogP contribution in [-0.4, -0.2) is 19.7 Å². The molecule has 0 amide bonds. The molecule has 3 rings (SSSR count). The molecule has 1 spiro atoms. The standard InChI is InChI=1S/C15H23NOS/c1-12-5-8-18-14(12)13-9-16-10-15(11-17-13)6-3-2-4-7-15/h5,8,13,16H,2-4,6-7,9-11H2,1H3. The van der Waals surface area contributed by atoms with Gasteiger partial charge in [0.2, 0.25) is 0 Å². The summed E-state index contributed by atoms with van der Waals surface area (Å²) in [5.41, 5.74) is 1.81. The monoisotopic (exact) mass is 265 g/mol. The molecule has 18 heavy (non-hydrogen) atoms. The van der Waals surface area contributed by atoms with Crippen molar-refractivity contribution in [1.82, 2.24) is 5.32 Å². The summed E-state index contributed by atoms with van der Waals surface area (Å²) in [5.74, 6) is 0. The van der Waals surface area contributed by atoms with Crippen molar-refractivity contribution in [2.24, 2.45) is 5.41 Å². The minimum absolute atomic E-state index is 0.270. The van der Waals surface area contributed by atoms with Crippen LogP contribution in [0.1, 0.15) is 48.6 Å². The average Bonchev–Trinajstić information content (AvgIpc) is 2.71. The van der Waals surface area contributed by atoms with Gasteiger partial charge in [-0.05, 0) is 36.8 Å². The minimum Gasteiger partial charge on any atom is -0.371 e. The van der Waals surface area contributed by atoms with Gasteiger partial charge in [0.1, 0.15) is 6.10 Å². The molecule has 1 aliphatic heterocycles. The van der Waals surface area contributed by atoms with Gasteiger partial charge in [0.05, 0.1) is 6.61 Å². The van der Waals surface area contributed by atoms with Gasteiger partial charge in [0.15, 0.2) is 0 Å². The molecule has 2 heterocycles. The predicted octanol–water partition coefficient (Wildman–Crippen LogP) is 3.67. The fourth-order valence-electron chi connectivity index (χ4n) is 3.36. The van der Waals surface area contributed by atoms with Crippen molar-refractivity contribution in [3.05, 3.63) is 21.9 Å². The van der Waals surface area contributed by atoms with Gasteiger partial charge < -0.3 is 10.1 Å². The zero-order valence-electron chi connectivity index (χ0n) is 11.2. The van der Waals surface area contributed by atoms with Gasteiger partial charge in [0, 0.05) is 23.4 Å². The van der Waals surface area contributed by atoms with Crippen LogP contribution < -0.4 is 5.32 Å². The number of thiophene rings is 1. The fourth-order valence-corrected chi connectivity index (χ4v) is 4.34. The van der Waals surface area contributed by atoms with E-state index in [9.17, 15) is 0 Å². The maximum absolute atomic E-state index is 6.27. The lowest BCUT2D eigenvalue weighted by molar-refractivity contribution is -0.000181. The highest BCUT2D eigenvalue weighted by molar-refractivity contribution is 7.10. The molecule has 0 aromatic carbocycles. The van der Waals surface area contributed by atoms with Gasteiger partial charge in [0.25, 0.3) is 0 Å². The third kappa shape index (κ3) is 2.49. The number of aryl methyl sites for hydroxylation is 1. The molecule has 2 fully saturated rings. The van der Waals surface area contributed by atoms with Crippen molar-refractivity contribution in [2.45, 2.75) is 45.1 Å². The molecule has 1 aliphatic carbocycles. The Morgan fingerprint density at radius 1 is 1.33 bits per heavy atom. The largest absolute Gasteiger partial charge is 0.371 e. The Morgan fingerprint density at radius 3 is 2.89 bits per heavy atom. The number of ether oxygens (including phenoxy) is 1. The van der Waals surface area contributed by atoms with Gasteiger partial charge in [-0.2, -0.15) is 0 Å². The van der Waals surface area contributed by atoms with Gasteiger partial charge in [-0.15, -0.1) is 11.3 Å². The molecule has 1 unspecified atom stereocenters. The molecule has 1 saturated carbocycles. The van der Waals surface area contributed by atoms with Crippen molar-refractivity contribution in [2.75, 3.05) is 19.7 Å². The van der Waals surface area contributed by atoms with E-state index in [-0.39, 0.29) is 6.10 Å². The summed E-state index contributed by atoms with van der Waals surface area (Å²) in [7, 11) is 0. The lowest BCUT2D eigenvalue weighted by atomic mass is 9.75. The number of hydrogen-bond acceptors (Lipinski definition) is 3. The van der Waals surface area contributed by atoms with Gasteiger partial charge >= 0.3 is 0 Å². The molecule has 1 saturated heterocycles. The molecule has 1 aromatic heterocycles. The third-order valence-corrected chi connectivity index (χ3v) is 5.64. The number of rotatable bonds is 1. The van der Waals surface area contributed by atoms with Crippen molar-refractivity contribution >= 4 is 11.3 Å². The third-order valence-electron chi connectivity index (χ3n) is 4.53. The van der Waals surface area contributed by atoms with Crippen LogP contribution in [0.5, 0.6) is 0 Å². The maximum atomic E-state index is 6.27. The first-order chi connectivity index (χ1) is 8.79. The maximum Gasteiger partial charge on any atom is 0.104 e. The zero-order chi connectivity index (χ0) is 12.4. The zero-order valence-corrected chi connectivity index (χ0v) is 12.0. The second kappa shape index (κ2) is 5.32. The molecule has 2 nitrogen and oxygen atoms in total. The average molecular weight is 265 g/mol. The van der Waals surface area contributed by atoms with Crippen LogP contribution in [0.25, 0.3) is 0 Å². The Hall–Kier alpha value is -0.380. The molecule has 1 atom stereocenters. The molecule has 0 radical (unpaired) electrons. The van der Waals surface area contributed by atoms with E-state index in [4.69, 9.17) is 4.74 Å². The molecule has 3 heteroatoms. The summed E-state index contributed by atoms with van der Waals surface area (Å²) >= 11 is 1.84. The van der Waals surface area contributed by atoms with E-state index >= 15 is 0 Å². The fraction of sp³-hybridized carbons (Fsp3) is 0.733. The van der Waals surface area contributed by atoms with Crippen molar-refractivity contribution in [3.63, 3.8) is 0 Å². The Labute approximate surface area is 114 Å². The normalized spacial score (nSPS) is 28.2. The SMILES string of the molecule is Cc1ccsc1C1CNCC2(CCCCC2)CO1. The van der Waals surface area contributed by atoms with Crippen LogP contribution in [0, 0.1) is 12.3 Å². The second-order valence-corrected chi connectivity index (χ2v) is 6.91. The van der Waals surface area contributed by atoms with E-state index in [1.807, 2.05) is 11.3 Å². The van der Waals surface area contributed by atoms with Gasteiger partial charge in [-0.25, -0.2) is 0 Å². The minimum atomic E-state index is 0.270. The molecule has 2 aliphatic rings. The molecular formula is C15H23NOS. The first-order valence-electron chi connectivity index (χ1n) is 7.15. The van der Waals surface area contributed by atoms with E-state index in [0.717, 1.165) is 19.7 Å². The smallest absolute Gasteiger partial charge is 0.104 e. The summed E-state index contributed by atoms with van der Waals surface area (Å²) in [6, 6.07) is 2.20. The van der Waals surface area contributed by atoms with Crippen LogP contribution in [-0.2, 0) is 4.74 Å². The topological polar surface area (TPSA) is 21.3 Å². The summed E-state index contributed by atoms with van der Waals surface area (Å²) in [6.07, 6.45) is 7.13. The van der Waals surface area contributed by atoms with Crippen LogP contribution in [0.2, 0.25) is 0 Å². The van der Waals surface area contributed by atoms with Crippen molar-refractivity contribution < 1.29 is 4.74 Å². The number of hydrogen-bond donors (Lipinski definition) is 1. The second-order valence-electron chi connectivity index (χ2n) is 5.96. The number of nitrogens with one attached hydrogen (secondary N) is 1. The van der Waals surface area contributed by atoms with Crippen LogP contribution in [0.3, 0.4) is 0 Å². The quantitative estimate of drug-likeness (QED) is 0.836. The molecular weight excluding hydrogens is 242 g/mol. The molecule has 100 valence electrons. The van der Waals surface area contributed by atoms with Gasteiger partial charge in [-0.3, -0.25) is 0 Å². The summed E-state index contributed by atoms with van der Waals surface area (Å²) in [5, 5.41) is 5.83. The van der Waals surface area contributed by atoms with Crippen molar-refractivity contribution in [1.29, 1.82) is 0 Å². The predicted molar refractivity (Wildman–Crippen MR) is 76.1 cm³/mol. The lowest BCUT2D eigenvalue weighted by Gasteiger charge is -2.35. The summed E-state index contributed by atoms with van der Waals surface area (Å²) in [6.45, 7) is 5.26. The highest BCUT2D eigenvalue weighted by Gasteiger charge is 2.35. The van der Waals surface area contributed by atoms with E-state index in [1.54, 1.807) is 0 Å². The van der Waals surface area contributed by atoms with E-state index in [0.29, 0.717) is 5.41 Å². The van der Waals surface area contributed by atoms with Crippen LogP contribution in [0.15, 0.2) is 11.4 Å². The van der Waals surface area contributed by atoms with Gasteiger partial charge in [-0.1, -0.05) is 19.3 Å². The Morgan fingerprint density at radius 2 is 2.17 bits per heavy atom. The lowest BCUT2D eigenvalue weighted by Crippen LogP contribution is -2.37. The molecule has 1 N–H and O–H groups in total. The van der Waals surface area contributed by atoms with Crippen molar-refractivity contribution in [3.8, 4) is 0 Å². The first-order valence-corrected chi connectivity index (χ1v) is 8.03. The Kier molecular flexibility index (Phi) is 3.73. The highest BCUT2D eigenvalue weighted by atomic mass is 32.1. The Balaban J connectivity index is 1.70. The Bertz CT molecular complexity index is 395. The van der Waals surface area contributed by atoms with E-state index in [2.05, 4.69) is 23.7 Å². The van der Waals surface area contributed by atoms with Crippen LogP contribution >= 0.6 is 11.3 Å². The molecule has 0 bridgehead atoms.